The molecule has 0 radical (unpaired) electrons. The van der Waals surface area contributed by atoms with Crippen molar-refractivity contribution in [3.05, 3.63) is 77.1 Å². The molecule has 7 heteroatoms. The van der Waals surface area contributed by atoms with Crippen molar-refractivity contribution in [2.45, 2.75) is 13.8 Å². The molecule has 0 aliphatic rings. The molecule has 0 unspecified atom stereocenters. The highest BCUT2D eigenvalue weighted by Crippen LogP contribution is 2.17. The fraction of sp³-hybridized carbons (Fsp3) is 0.143. The van der Waals surface area contributed by atoms with E-state index >= 15 is 0 Å². The lowest BCUT2D eigenvalue weighted by Gasteiger charge is -2.09. The summed E-state index contributed by atoms with van der Waals surface area (Å²) < 4.78 is 4.68. The number of nitrogens with zero attached hydrogens (tertiary/aromatic N) is 2. The van der Waals surface area contributed by atoms with Gasteiger partial charge in [0.15, 0.2) is 0 Å². The van der Waals surface area contributed by atoms with Gasteiger partial charge in [-0.2, -0.15) is 0 Å². The summed E-state index contributed by atoms with van der Waals surface area (Å²) in [6.45, 7) is 4.08. The molecule has 1 heterocycles. The summed E-state index contributed by atoms with van der Waals surface area (Å²) >= 11 is 0. The van der Waals surface area contributed by atoms with E-state index < -0.39 is 5.97 Å². The number of hydrogen-bond acceptors (Lipinski definition) is 6. The first-order chi connectivity index (χ1) is 13.5. The lowest BCUT2D eigenvalue weighted by Crippen LogP contribution is -2.13. The summed E-state index contributed by atoms with van der Waals surface area (Å²) in [7, 11) is 1.30. The number of methoxy groups -OCH3 is 1. The van der Waals surface area contributed by atoms with Crippen LogP contribution in [0.2, 0.25) is 0 Å². The van der Waals surface area contributed by atoms with E-state index in [-0.39, 0.29) is 5.91 Å². The molecule has 0 bridgehead atoms. The maximum Gasteiger partial charge on any atom is 0.337 e. The quantitative estimate of drug-likeness (QED) is 0.657. The van der Waals surface area contributed by atoms with Crippen molar-refractivity contribution in [1.29, 1.82) is 0 Å². The second-order valence-corrected chi connectivity index (χ2v) is 6.25. The Hall–Kier alpha value is -3.74. The van der Waals surface area contributed by atoms with Crippen LogP contribution in [-0.2, 0) is 4.74 Å². The SMILES string of the molecule is COC(=O)c1cccc(NC(=O)c2cnc(Nc3ccc(C)c(C)c3)nc2)c1. The fourth-order valence-corrected chi connectivity index (χ4v) is 2.50. The Morgan fingerprint density at radius 2 is 1.64 bits per heavy atom. The summed E-state index contributed by atoms with van der Waals surface area (Å²) in [6.07, 6.45) is 2.88. The highest BCUT2D eigenvalue weighted by Gasteiger charge is 2.10. The second kappa shape index (κ2) is 8.30. The number of carbonyl (C=O) groups excluding carboxylic acids is 2. The van der Waals surface area contributed by atoms with Crippen molar-refractivity contribution >= 4 is 29.2 Å². The van der Waals surface area contributed by atoms with Gasteiger partial charge in [-0.3, -0.25) is 4.79 Å². The highest BCUT2D eigenvalue weighted by molar-refractivity contribution is 6.04. The van der Waals surface area contributed by atoms with Crippen molar-refractivity contribution in [2.24, 2.45) is 0 Å². The van der Waals surface area contributed by atoms with Gasteiger partial charge in [-0.15, -0.1) is 0 Å². The van der Waals surface area contributed by atoms with Crippen molar-refractivity contribution in [3.63, 3.8) is 0 Å². The molecule has 1 amide bonds. The topological polar surface area (TPSA) is 93.2 Å². The Kier molecular flexibility index (Phi) is 5.64. The van der Waals surface area contributed by atoms with Crippen LogP contribution in [0.1, 0.15) is 31.8 Å². The molecule has 1 aromatic heterocycles. The molecule has 28 heavy (non-hydrogen) atoms. The zero-order valence-electron chi connectivity index (χ0n) is 15.8. The van der Waals surface area contributed by atoms with Gasteiger partial charge in [-0.25, -0.2) is 14.8 Å². The van der Waals surface area contributed by atoms with E-state index in [9.17, 15) is 9.59 Å². The molecule has 3 rings (SSSR count). The highest BCUT2D eigenvalue weighted by atomic mass is 16.5. The third-order valence-electron chi connectivity index (χ3n) is 4.22. The van der Waals surface area contributed by atoms with Crippen LogP contribution >= 0.6 is 0 Å². The molecule has 2 aromatic carbocycles. The van der Waals surface area contributed by atoms with Crippen LogP contribution in [0.25, 0.3) is 0 Å². The average molecular weight is 376 g/mol. The molecule has 0 aliphatic carbocycles. The number of nitrogens with one attached hydrogen (secondary N) is 2. The van der Waals surface area contributed by atoms with Crippen LogP contribution in [-0.4, -0.2) is 29.0 Å². The molecule has 0 saturated carbocycles. The van der Waals surface area contributed by atoms with Gasteiger partial charge < -0.3 is 15.4 Å². The first-order valence-corrected chi connectivity index (χ1v) is 8.62. The minimum atomic E-state index is -0.471. The number of ether oxygens (including phenoxy) is 1. The standard InChI is InChI=1S/C21H20N4O3/c1-13-7-8-18(9-14(13)2)25-21-22-11-16(12-23-21)19(26)24-17-6-4-5-15(10-17)20(27)28-3/h4-12H,1-3H3,(H,24,26)(H,22,23,25). The summed E-state index contributed by atoms with van der Waals surface area (Å²) in [5.74, 6) is -0.451. The van der Waals surface area contributed by atoms with Gasteiger partial charge >= 0.3 is 5.97 Å². The summed E-state index contributed by atoms with van der Waals surface area (Å²) in [5, 5.41) is 5.82. The van der Waals surface area contributed by atoms with E-state index in [1.165, 1.54) is 25.1 Å². The number of rotatable bonds is 5. The van der Waals surface area contributed by atoms with Crippen LogP contribution in [0.5, 0.6) is 0 Å². The molecule has 0 aliphatic heterocycles. The van der Waals surface area contributed by atoms with Gasteiger partial charge in [0.2, 0.25) is 5.95 Å². The van der Waals surface area contributed by atoms with Gasteiger partial charge in [0.25, 0.3) is 5.91 Å². The predicted molar refractivity (Wildman–Crippen MR) is 107 cm³/mol. The van der Waals surface area contributed by atoms with E-state index in [4.69, 9.17) is 0 Å². The van der Waals surface area contributed by atoms with Crippen LogP contribution < -0.4 is 10.6 Å². The Bertz CT molecular complexity index is 1020. The lowest BCUT2D eigenvalue weighted by atomic mass is 10.1. The van der Waals surface area contributed by atoms with E-state index in [0.717, 1.165) is 11.3 Å². The molecular formula is C21H20N4O3. The van der Waals surface area contributed by atoms with Crippen LogP contribution in [0.3, 0.4) is 0 Å². The zero-order chi connectivity index (χ0) is 20.1. The average Bonchev–Trinajstić information content (AvgIpc) is 2.71. The van der Waals surface area contributed by atoms with E-state index in [0.29, 0.717) is 22.8 Å². The molecule has 2 N–H and O–H groups in total. The molecule has 0 spiro atoms. The van der Waals surface area contributed by atoms with Crippen LogP contribution in [0, 0.1) is 13.8 Å². The first kappa shape index (κ1) is 19.0. The van der Waals surface area contributed by atoms with E-state index in [1.807, 2.05) is 32.0 Å². The Morgan fingerprint density at radius 3 is 2.32 bits per heavy atom. The van der Waals surface area contributed by atoms with Gasteiger partial charge in [0, 0.05) is 23.8 Å². The van der Waals surface area contributed by atoms with Crippen molar-refractivity contribution in [2.75, 3.05) is 17.7 Å². The molecule has 0 atom stereocenters. The molecule has 0 saturated heterocycles. The number of anilines is 3. The van der Waals surface area contributed by atoms with Gasteiger partial charge in [0.05, 0.1) is 18.2 Å². The smallest absolute Gasteiger partial charge is 0.337 e. The maximum atomic E-state index is 12.4. The monoisotopic (exact) mass is 376 g/mol. The number of aromatic nitrogens is 2. The lowest BCUT2D eigenvalue weighted by molar-refractivity contribution is 0.0600. The fourth-order valence-electron chi connectivity index (χ4n) is 2.50. The number of hydrogen-bond donors (Lipinski definition) is 2. The molecular weight excluding hydrogens is 356 g/mol. The van der Waals surface area contributed by atoms with Gasteiger partial charge in [-0.05, 0) is 55.3 Å². The molecule has 3 aromatic rings. The Labute approximate surface area is 162 Å². The van der Waals surface area contributed by atoms with E-state index in [1.54, 1.807) is 24.3 Å². The number of aryl methyl sites for hydroxylation is 2. The summed E-state index contributed by atoms with van der Waals surface area (Å²) in [4.78, 5) is 32.4. The van der Waals surface area contributed by atoms with Gasteiger partial charge in [0.1, 0.15) is 0 Å². The van der Waals surface area contributed by atoms with Crippen molar-refractivity contribution in [3.8, 4) is 0 Å². The number of amides is 1. The first-order valence-electron chi connectivity index (χ1n) is 8.62. The summed E-state index contributed by atoms with van der Waals surface area (Å²) in [6, 6.07) is 12.5. The summed E-state index contributed by atoms with van der Waals surface area (Å²) in [5.41, 5.74) is 4.37. The number of esters is 1. The molecule has 7 nitrogen and oxygen atoms in total. The molecule has 142 valence electrons. The van der Waals surface area contributed by atoms with Crippen molar-refractivity contribution < 1.29 is 14.3 Å². The third kappa shape index (κ3) is 4.50. The maximum absolute atomic E-state index is 12.4. The minimum Gasteiger partial charge on any atom is -0.465 e. The third-order valence-corrected chi connectivity index (χ3v) is 4.22. The Balaban J connectivity index is 1.68. The second-order valence-electron chi connectivity index (χ2n) is 6.25. The number of carbonyl (C=O) groups is 2. The normalized spacial score (nSPS) is 10.2. The largest absolute Gasteiger partial charge is 0.465 e. The minimum absolute atomic E-state index is 0.300. The van der Waals surface area contributed by atoms with Crippen LogP contribution in [0.15, 0.2) is 54.9 Å². The van der Waals surface area contributed by atoms with Crippen LogP contribution in [0.4, 0.5) is 17.3 Å². The van der Waals surface area contributed by atoms with Gasteiger partial charge in [-0.1, -0.05) is 12.1 Å². The number of benzene rings is 2. The molecule has 0 fully saturated rings. The zero-order valence-corrected chi connectivity index (χ0v) is 15.8. The van der Waals surface area contributed by atoms with E-state index in [2.05, 4.69) is 25.3 Å². The Morgan fingerprint density at radius 1 is 0.893 bits per heavy atom. The van der Waals surface area contributed by atoms with Crippen molar-refractivity contribution in [1.82, 2.24) is 9.97 Å². The predicted octanol–water partition coefficient (Wildman–Crippen LogP) is 3.88.